The van der Waals surface area contributed by atoms with Gasteiger partial charge in [-0.3, -0.25) is 4.79 Å². The zero-order chi connectivity index (χ0) is 12.1. The van der Waals surface area contributed by atoms with Crippen molar-refractivity contribution in [1.29, 1.82) is 0 Å². The first kappa shape index (κ1) is 12.6. The molecule has 88 valence electrons. The van der Waals surface area contributed by atoms with E-state index < -0.39 is 6.10 Å². The number of anilines is 1. The molecule has 0 saturated carbocycles. The number of nitrogens with one attached hydrogen (secondary N) is 1. The number of carbonyl (C=O) groups excluding carboxylic acids is 1. The number of nitrogens with two attached hydrogens (primary N) is 1. The minimum atomic E-state index is -0.689. The normalized spacial score (nSPS) is 12.2. The Kier molecular flexibility index (Phi) is 4.39. The molecule has 0 aliphatic heterocycles. The van der Waals surface area contributed by atoms with Gasteiger partial charge in [0.25, 0.3) is 5.91 Å². The van der Waals surface area contributed by atoms with E-state index in [1.54, 1.807) is 13.0 Å². The SMILES string of the molecule is COC(CN)C(=O)Nc1ccc(F)c(C)c1. The summed E-state index contributed by atoms with van der Waals surface area (Å²) in [6, 6.07) is 4.34. The summed E-state index contributed by atoms with van der Waals surface area (Å²) in [5, 5.41) is 2.60. The van der Waals surface area contributed by atoms with Crippen LogP contribution in [0.1, 0.15) is 5.56 Å². The Morgan fingerprint density at radius 1 is 1.62 bits per heavy atom. The van der Waals surface area contributed by atoms with Crippen LogP contribution in [0.25, 0.3) is 0 Å². The van der Waals surface area contributed by atoms with Gasteiger partial charge in [-0.15, -0.1) is 0 Å². The minimum absolute atomic E-state index is 0.0997. The van der Waals surface area contributed by atoms with Gasteiger partial charge in [-0.2, -0.15) is 0 Å². The van der Waals surface area contributed by atoms with Crippen LogP contribution >= 0.6 is 0 Å². The number of hydrogen-bond acceptors (Lipinski definition) is 3. The quantitative estimate of drug-likeness (QED) is 0.806. The van der Waals surface area contributed by atoms with Crippen LogP contribution in [0.5, 0.6) is 0 Å². The molecule has 0 aliphatic rings. The van der Waals surface area contributed by atoms with Gasteiger partial charge in [0.05, 0.1) is 0 Å². The van der Waals surface area contributed by atoms with Gasteiger partial charge in [-0.05, 0) is 30.7 Å². The van der Waals surface area contributed by atoms with E-state index in [1.807, 2.05) is 0 Å². The van der Waals surface area contributed by atoms with Crippen LogP contribution in [-0.2, 0) is 9.53 Å². The monoisotopic (exact) mass is 226 g/mol. The van der Waals surface area contributed by atoms with E-state index in [2.05, 4.69) is 5.32 Å². The van der Waals surface area contributed by atoms with Gasteiger partial charge in [-0.25, -0.2) is 4.39 Å². The number of aryl methyl sites for hydroxylation is 1. The molecule has 5 heteroatoms. The van der Waals surface area contributed by atoms with Crippen molar-refractivity contribution in [3.05, 3.63) is 29.6 Å². The third-order valence-electron chi connectivity index (χ3n) is 2.22. The molecule has 1 aromatic carbocycles. The molecular weight excluding hydrogens is 211 g/mol. The fraction of sp³-hybridized carbons (Fsp3) is 0.364. The number of halogens is 1. The highest BCUT2D eigenvalue weighted by molar-refractivity contribution is 5.94. The largest absolute Gasteiger partial charge is 0.370 e. The summed E-state index contributed by atoms with van der Waals surface area (Å²) >= 11 is 0. The molecule has 0 fully saturated rings. The maximum absolute atomic E-state index is 13.0. The molecule has 4 nitrogen and oxygen atoms in total. The first-order valence-corrected chi connectivity index (χ1v) is 4.88. The average Bonchev–Trinajstić information content (AvgIpc) is 2.25. The Morgan fingerprint density at radius 2 is 2.31 bits per heavy atom. The van der Waals surface area contributed by atoms with Crippen LogP contribution in [0, 0.1) is 12.7 Å². The summed E-state index contributed by atoms with van der Waals surface area (Å²) in [6.07, 6.45) is -0.689. The number of ether oxygens (including phenoxy) is 1. The molecule has 1 aromatic rings. The van der Waals surface area contributed by atoms with Crippen LogP contribution in [0.4, 0.5) is 10.1 Å². The Balaban J connectivity index is 2.73. The standard InChI is InChI=1S/C11H15FN2O2/c1-7-5-8(3-4-9(7)12)14-11(15)10(6-13)16-2/h3-5,10H,6,13H2,1-2H3,(H,14,15). The molecule has 0 saturated heterocycles. The maximum Gasteiger partial charge on any atom is 0.254 e. The second-order valence-corrected chi connectivity index (χ2v) is 3.41. The van der Waals surface area contributed by atoms with Gasteiger partial charge in [0.1, 0.15) is 11.9 Å². The zero-order valence-electron chi connectivity index (χ0n) is 9.29. The van der Waals surface area contributed by atoms with Crippen LogP contribution in [-0.4, -0.2) is 25.7 Å². The van der Waals surface area contributed by atoms with Crippen molar-refractivity contribution in [3.63, 3.8) is 0 Å². The number of hydrogen-bond donors (Lipinski definition) is 2. The first-order valence-electron chi connectivity index (χ1n) is 4.88. The summed E-state index contributed by atoms with van der Waals surface area (Å²) in [6.45, 7) is 1.73. The number of methoxy groups -OCH3 is 1. The summed E-state index contributed by atoms with van der Waals surface area (Å²) in [5.41, 5.74) is 6.35. The van der Waals surface area contributed by atoms with Crippen molar-refractivity contribution in [2.75, 3.05) is 19.0 Å². The average molecular weight is 226 g/mol. The maximum atomic E-state index is 13.0. The number of amides is 1. The summed E-state index contributed by atoms with van der Waals surface area (Å²) < 4.78 is 17.8. The van der Waals surface area contributed by atoms with Crippen molar-refractivity contribution in [2.45, 2.75) is 13.0 Å². The van der Waals surface area contributed by atoms with Gasteiger partial charge >= 0.3 is 0 Å². The molecule has 16 heavy (non-hydrogen) atoms. The predicted molar refractivity (Wildman–Crippen MR) is 59.6 cm³/mol. The lowest BCUT2D eigenvalue weighted by Gasteiger charge is -2.13. The molecule has 1 atom stereocenters. The highest BCUT2D eigenvalue weighted by Gasteiger charge is 2.15. The van der Waals surface area contributed by atoms with Crippen molar-refractivity contribution >= 4 is 11.6 Å². The lowest BCUT2D eigenvalue weighted by atomic mass is 10.2. The van der Waals surface area contributed by atoms with E-state index in [0.717, 1.165) is 0 Å². The topological polar surface area (TPSA) is 64.3 Å². The second kappa shape index (κ2) is 5.58. The molecule has 0 spiro atoms. The van der Waals surface area contributed by atoms with E-state index in [4.69, 9.17) is 10.5 Å². The molecular formula is C11H15FN2O2. The van der Waals surface area contributed by atoms with Crippen LogP contribution in [0.3, 0.4) is 0 Å². The Bertz CT molecular complexity index is 378. The Morgan fingerprint density at radius 3 is 2.81 bits per heavy atom. The fourth-order valence-corrected chi connectivity index (χ4v) is 1.26. The molecule has 0 bridgehead atoms. The molecule has 1 unspecified atom stereocenters. The van der Waals surface area contributed by atoms with Crippen LogP contribution in [0.15, 0.2) is 18.2 Å². The van der Waals surface area contributed by atoms with E-state index in [0.29, 0.717) is 11.3 Å². The highest BCUT2D eigenvalue weighted by atomic mass is 19.1. The lowest BCUT2D eigenvalue weighted by Crippen LogP contribution is -2.35. The molecule has 0 heterocycles. The van der Waals surface area contributed by atoms with Gasteiger partial charge in [0.15, 0.2) is 0 Å². The lowest BCUT2D eigenvalue weighted by molar-refractivity contribution is -0.125. The van der Waals surface area contributed by atoms with Crippen molar-refractivity contribution in [3.8, 4) is 0 Å². The second-order valence-electron chi connectivity index (χ2n) is 3.41. The number of carbonyl (C=O) groups is 1. The zero-order valence-corrected chi connectivity index (χ0v) is 9.29. The third kappa shape index (κ3) is 3.01. The van der Waals surface area contributed by atoms with Gasteiger partial charge < -0.3 is 15.8 Å². The van der Waals surface area contributed by atoms with Crippen LogP contribution < -0.4 is 11.1 Å². The summed E-state index contributed by atoms with van der Waals surface area (Å²) in [4.78, 5) is 11.6. The van der Waals surface area contributed by atoms with E-state index >= 15 is 0 Å². The summed E-state index contributed by atoms with van der Waals surface area (Å²) in [7, 11) is 1.41. The number of benzene rings is 1. The highest BCUT2D eigenvalue weighted by Crippen LogP contribution is 2.13. The smallest absolute Gasteiger partial charge is 0.254 e. The van der Waals surface area contributed by atoms with Crippen LogP contribution in [0.2, 0.25) is 0 Å². The van der Waals surface area contributed by atoms with Crippen molar-refractivity contribution < 1.29 is 13.9 Å². The van der Waals surface area contributed by atoms with Gasteiger partial charge in [-0.1, -0.05) is 0 Å². The molecule has 0 aliphatic carbocycles. The van der Waals surface area contributed by atoms with Gasteiger partial charge in [0.2, 0.25) is 0 Å². The Labute approximate surface area is 93.6 Å². The van der Waals surface area contributed by atoms with Gasteiger partial charge in [0, 0.05) is 19.3 Å². The van der Waals surface area contributed by atoms with E-state index in [9.17, 15) is 9.18 Å². The van der Waals surface area contributed by atoms with E-state index in [1.165, 1.54) is 19.2 Å². The molecule has 0 aromatic heterocycles. The summed E-state index contributed by atoms with van der Waals surface area (Å²) in [5.74, 6) is -0.642. The third-order valence-corrected chi connectivity index (χ3v) is 2.22. The number of rotatable bonds is 4. The van der Waals surface area contributed by atoms with Crippen molar-refractivity contribution in [2.24, 2.45) is 5.73 Å². The molecule has 3 N–H and O–H groups in total. The predicted octanol–water partition coefficient (Wildman–Crippen LogP) is 1.05. The molecule has 1 amide bonds. The molecule has 1 rings (SSSR count). The molecule has 0 radical (unpaired) electrons. The minimum Gasteiger partial charge on any atom is -0.370 e. The first-order chi connectivity index (χ1) is 7.58. The van der Waals surface area contributed by atoms with E-state index in [-0.39, 0.29) is 18.3 Å². The Hall–Kier alpha value is -1.46. The van der Waals surface area contributed by atoms with Crippen molar-refractivity contribution in [1.82, 2.24) is 0 Å². The fourth-order valence-electron chi connectivity index (χ4n) is 1.26.